The molecule has 0 saturated heterocycles. The maximum absolute atomic E-state index is 11.8. The van der Waals surface area contributed by atoms with E-state index in [1.54, 1.807) is 13.8 Å². The van der Waals surface area contributed by atoms with E-state index in [2.05, 4.69) is 10.6 Å². The van der Waals surface area contributed by atoms with Crippen LogP contribution in [0.4, 0.5) is 4.79 Å². The molecule has 19 heavy (non-hydrogen) atoms. The fourth-order valence-corrected chi connectivity index (χ4v) is 1.58. The summed E-state index contributed by atoms with van der Waals surface area (Å²) in [6, 6.07) is -0.467. The number of carbonyl (C=O) groups is 2. The normalized spacial score (nSPS) is 13.2. The highest BCUT2D eigenvalue weighted by atomic mass is 16.5. The average Bonchev–Trinajstić information content (AvgIpc) is 2.20. The van der Waals surface area contributed by atoms with Gasteiger partial charge in [-0.05, 0) is 26.7 Å². The molecule has 0 radical (unpaired) electrons. The zero-order valence-electron chi connectivity index (χ0n) is 12.4. The Morgan fingerprint density at radius 1 is 1.32 bits per heavy atom. The highest BCUT2D eigenvalue weighted by Crippen LogP contribution is 2.08. The van der Waals surface area contributed by atoms with Crippen LogP contribution in [-0.4, -0.2) is 41.9 Å². The number of rotatable bonds is 8. The maximum Gasteiger partial charge on any atom is 0.315 e. The molecule has 6 heteroatoms. The molecule has 0 spiro atoms. The van der Waals surface area contributed by atoms with Gasteiger partial charge in [-0.15, -0.1) is 0 Å². The lowest BCUT2D eigenvalue weighted by Gasteiger charge is -2.28. The topological polar surface area (TPSA) is 87.7 Å². The number of nitrogens with one attached hydrogen (secondary N) is 2. The molecule has 0 saturated carbocycles. The first-order valence-electron chi connectivity index (χ1n) is 6.56. The van der Waals surface area contributed by atoms with Crippen molar-refractivity contribution in [2.24, 2.45) is 5.92 Å². The standard InChI is InChI=1S/C13H26N2O4/c1-6-19-8-10(9(2)3)14-12(18)15-13(4,5)7-11(16)17/h9-10H,6-8H2,1-5H3,(H,16,17)(H2,14,15,18). The van der Waals surface area contributed by atoms with Crippen molar-refractivity contribution in [1.29, 1.82) is 0 Å². The van der Waals surface area contributed by atoms with Gasteiger partial charge in [0.1, 0.15) is 0 Å². The van der Waals surface area contributed by atoms with Crippen molar-refractivity contribution in [3.8, 4) is 0 Å². The Labute approximate surface area is 114 Å². The van der Waals surface area contributed by atoms with Gasteiger partial charge >= 0.3 is 12.0 Å². The van der Waals surface area contributed by atoms with E-state index < -0.39 is 11.5 Å². The van der Waals surface area contributed by atoms with E-state index in [1.807, 2.05) is 20.8 Å². The molecule has 0 aromatic carbocycles. The summed E-state index contributed by atoms with van der Waals surface area (Å²) >= 11 is 0. The smallest absolute Gasteiger partial charge is 0.315 e. The fraction of sp³-hybridized carbons (Fsp3) is 0.846. The van der Waals surface area contributed by atoms with Crippen LogP contribution < -0.4 is 10.6 Å². The fourth-order valence-electron chi connectivity index (χ4n) is 1.58. The van der Waals surface area contributed by atoms with Gasteiger partial charge in [-0.2, -0.15) is 0 Å². The van der Waals surface area contributed by atoms with Crippen LogP contribution in [0.15, 0.2) is 0 Å². The minimum absolute atomic E-state index is 0.0967. The summed E-state index contributed by atoms with van der Waals surface area (Å²) in [6.45, 7) is 10.3. The Hall–Kier alpha value is -1.30. The predicted octanol–water partition coefficient (Wildman–Crippen LogP) is 1.60. The van der Waals surface area contributed by atoms with Crippen LogP contribution in [0.3, 0.4) is 0 Å². The van der Waals surface area contributed by atoms with E-state index in [0.29, 0.717) is 13.2 Å². The Bertz CT molecular complexity index is 303. The third-order valence-electron chi connectivity index (χ3n) is 2.67. The SMILES string of the molecule is CCOCC(NC(=O)NC(C)(C)CC(=O)O)C(C)C. The lowest BCUT2D eigenvalue weighted by atomic mass is 10.0. The van der Waals surface area contributed by atoms with Crippen molar-refractivity contribution in [2.45, 2.75) is 52.6 Å². The van der Waals surface area contributed by atoms with Crippen LogP contribution in [-0.2, 0) is 9.53 Å². The number of carboxylic acids is 1. The molecule has 1 unspecified atom stereocenters. The molecule has 0 bridgehead atoms. The number of hydrogen-bond donors (Lipinski definition) is 3. The minimum atomic E-state index is -0.944. The van der Waals surface area contributed by atoms with Crippen LogP contribution in [0.1, 0.15) is 41.0 Å². The average molecular weight is 274 g/mol. The van der Waals surface area contributed by atoms with E-state index in [9.17, 15) is 9.59 Å². The molecule has 0 rings (SSSR count). The van der Waals surface area contributed by atoms with Crippen molar-refractivity contribution < 1.29 is 19.4 Å². The van der Waals surface area contributed by atoms with Crippen molar-refractivity contribution >= 4 is 12.0 Å². The van der Waals surface area contributed by atoms with E-state index >= 15 is 0 Å². The molecule has 0 heterocycles. The second kappa shape index (κ2) is 7.99. The van der Waals surface area contributed by atoms with Gasteiger partial charge in [0.05, 0.1) is 19.1 Å². The number of carboxylic acid groups (broad SMARTS) is 1. The lowest BCUT2D eigenvalue weighted by molar-refractivity contribution is -0.138. The third-order valence-corrected chi connectivity index (χ3v) is 2.67. The molecule has 3 N–H and O–H groups in total. The summed E-state index contributed by atoms with van der Waals surface area (Å²) < 4.78 is 5.32. The molecule has 2 amide bonds. The second-order valence-electron chi connectivity index (χ2n) is 5.56. The summed E-state index contributed by atoms with van der Waals surface area (Å²) in [7, 11) is 0. The number of hydrogen-bond acceptors (Lipinski definition) is 3. The molecule has 6 nitrogen and oxygen atoms in total. The molecule has 0 aliphatic rings. The van der Waals surface area contributed by atoms with E-state index in [4.69, 9.17) is 9.84 Å². The van der Waals surface area contributed by atoms with Crippen molar-refractivity contribution in [2.75, 3.05) is 13.2 Å². The van der Waals surface area contributed by atoms with Crippen molar-refractivity contribution in [1.82, 2.24) is 10.6 Å². The van der Waals surface area contributed by atoms with Crippen molar-refractivity contribution in [3.05, 3.63) is 0 Å². The van der Waals surface area contributed by atoms with Crippen LogP contribution in [0.5, 0.6) is 0 Å². The van der Waals surface area contributed by atoms with Crippen LogP contribution in [0, 0.1) is 5.92 Å². The summed E-state index contributed by atoms with van der Waals surface area (Å²) in [6.07, 6.45) is -0.127. The number of ether oxygens (including phenoxy) is 1. The van der Waals surface area contributed by atoms with Crippen LogP contribution >= 0.6 is 0 Å². The van der Waals surface area contributed by atoms with Gasteiger partial charge in [0.25, 0.3) is 0 Å². The highest BCUT2D eigenvalue weighted by Gasteiger charge is 2.25. The van der Waals surface area contributed by atoms with Crippen LogP contribution in [0.2, 0.25) is 0 Å². The summed E-state index contributed by atoms with van der Waals surface area (Å²) in [5, 5.41) is 14.2. The Kier molecular flexibility index (Phi) is 7.44. The van der Waals surface area contributed by atoms with E-state index in [-0.39, 0.29) is 24.4 Å². The molecular formula is C13H26N2O4. The van der Waals surface area contributed by atoms with Gasteiger partial charge < -0.3 is 20.5 Å². The minimum Gasteiger partial charge on any atom is -0.481 e. The first-order valence-corrected chi connectivity index (χ1v) is 6.56. The summed E-state index contributed by atoms with van der Waals surface area (Å²) in [5.74, 6) is -0.708. The molecule has 0 aliphatic carbocycles. The molecule has 0 aromatic heterocycles. The zero-order valence-corrected chi connectivity index (χ0v) is 12.4. The van der Waals surface area contributed by atoms with Gasteiger partial charge in [0.2, 0.25) is 0 Å². The second-order valence-corrected chi connectivity index (χ2v) is 5.56. The first kappa shape index (κ1) is 17.7. The van der Waals surface area contributed by atoms with Gasteiger partial charge in [-0.3, -0.25) is 4.79 Å². The predicted molar refractivity (Wildman–Crippen MR) is 73.1 cm³/mol. The van der Waals surface area contributed by atoms with E-state index in [1.165, 1.54) is 0 Å². The monoisotopic (exact) mass is 274 g/mol. The van der Waals surface area contributed by atoms with Gasteiger partial charge in [0.15, 0.2) is 0 Å². The van der Waals surface area contributed by atoms with Gasteiger partial charge in [0, 0.05) is 12.1 Å². The highest BCUT2D eigenvalue weighted by molar-refractivity contribution is 5.76. The first-order chi connectivity index (χ1) is 8.68. The van der Waals surface area contributed by atoms with Crippen LogP contribution in [0.25, 0.3) is 0 Å². The maximum atomic E-state index is 11.8. The Morgan fingerprint density at radius 2 is 1.89 bits per heavy atom. The van der Waals surface area contributed by atoms with Crippen molar-refractivity contribution in [3.63, 3.8) is 0 Å². The molecule has 0 aliphatic heterocycles. The van der Waals surface area contributed by atoms with Gasteiger partial charge in [-0.25, -0.2) is 4.79 Å². The number of urea groups is 1. The molecular weight excluding hydrogens is 248 g/mol. The number of carbonyl (C=O) groups excluding carboxylic acids is 1. The number of aliphatic carboxylic acids is 1. The quantitative estimate of drug-likeness (QED) is 0.627. The summed E-state index contributed by atoms with van der Waals surface area (Å²) in [5.41, 5.74) is -0.789. The lowest BCUT2D eigenvalue weighted by Crippen LogP contribution is -2.53. The third kappa shape index (κ3) is 8.42. The van der Waals surface area contributed by atoms with E-state index in [0.717, 1.165) is 0 Å². The number of amides is 2. The molecule has 1 atom stereocenters. The largest absolute Gasteiger partial charge is 0.481 e. The van der Waals surface area contributed by atoms with Gasteiger partial charge in [-0.1, -0.05) is 13.8 Å². The zero-order chi connectivity index (χ0) is 15.1. The molecule has 0 fully saturated rings. The molecule has 112 valence electrons. The Balaban J connectivity index is 4.36. The Morgan fingerprint density at radius 3 is 2.32 bits per heavy atom. The molecule has 0 aromatic rings. The summed E-state index contributed by atoms with van der Waals surface area (Å²) in [4.78, 5) is 22.5.